The summed E-state index contributed by atoms with van der Waals surface area (Å²) in [6.45, 7) is 5.79. The lowest BCUT2D eigenvalue weighted by Crippen LogP contribution is -2.42. The van der Waals surface area contributed by atoms with Crippen molar-refractivity contribution in [3.63, 3.8) is 0 Å². The summed E-state index contributed by atoms with van der Waals surface area (Å²) in [5, 5.41) is 9.30. The van der Waals surface area contributed by atoms with E-state index in [-0.39, 0.29) is 18.1 Å². The van der Waals surface area contributed by atoms with E-state index in [1.165, 1.54) is 12.3 Å². The maximum atomic E-state index is 11.8. The van der Waals surface area contributed by atoms with Crippen LogP contribution in [0.5, 0.6) is 0 Å². The lowest BCUT2D eigenvalue weighted by Gasteiger charge is -2.20. The summed E-state index contributed by atoms with van der Waals surface area (Å²) >= 11 is 0. The first kappa shape index (κ1) is 18.7. The second-order valence-electron chi connectivity index (χ2n) is 6.08. The van der Waals surface area contributed by atoms with E-state index in [0.29, 0.717) is 12.3 Å². The van der Waals surface area contributed by atoms with E-state index in [2.05, 4.69) is 10.9 Å². The number of amides is 2. The van der Waals surface area contributed by atoms with E-state index < -0.39 is 23.7 Å². The van der Waals surface area contributed by atoms with Crippen LogP contribution >= 0.6 is 0 Å². The number of furan rings is 1. The summed E-state index contributed by atoms with van der Waals surface area (Å²) in [5.74, 6) is -2.32. The number of hydrazine groups is 1. The van der Waals surface area contributed by atoms with Crippen molar-refractivity contribution in [3.05, 3.63) is 24.2 Å². The Kier molecular flexibility index (Phi) is 7.31. The van der Waals surface area contributed by atoms with Crippen LogP contribution in [-0.2, 0) is 9.59 Å². The number of hydrogen-bond donors (Lipinski definition) is 3. The largest absolute Gasteiger partial charge is 0.481 e. The molecule has 1 heterocycles. The number of carbonyl (C=O) groups is 3. The van der Waals surface area contributed by atoms with Crippen LogP contribution in [0, 0.1) is 17.8 Å². The number of aliphatic carboxylic acids is 1. The van der Waals surface area contributed by atoms with Gasteiger partial charge in [0, 0.05) is 6.42 Å². The average molecular weight is 324 g/mol. The second kappa shape index (κ2) is 8.97. The van der Waals surface area contributed by atoms with Gasteiger partial charge in [-0.15, -0.1) is 0 Å². The molecule has 0 aromatic carbocycles. The number of rotatable bonds is 8. The Bertz CT molecular complexity index is 525. The Morgan fingerprint density at radius 1 is 1.17 bits per heavy atom. The molecule has 128 valence electrons. The average Bonchev–Trinajstić information content (AvgIpc) is 2.98. The highest BCUT2D eigenvalue weighted by atomic mass is 16.4. The van der Waals surface area contributed by atoms with Gasteiger partial charge >= 0.3 is 11.9 Å². The maximum absolute atomic E-state index is 11.8. The van der Waals surface area contributed by atoms with Crippen LogP contribution in [0.25, 0.3) is 0 Å². The predicted molar refractivity (Wildman–Crippen MR) is 83.3 cm³/mol. The minimum Gasteiger partial charge on any atom is -0.481 e. The Labute approximate surface area is 135 Å². The zero-order valence-corrected chi connectivity index (χ0v) is 13.7. The molecule has 23 heavy (non-hydrogen) atoms. The first-order valence-corrected chi connectivity index (χ1v) is 7.66. The fourth-order valence-electron chi connectivity index (χ4n) is 2.25. The SMILES string of the molecule is CC(C)CC[C@@H](C(=O)O)[C@H](C)CC(=O)NNC(=O)c1ccco1. The Morgan fingerprint density at radius 3 is 2.39 bits per heavy atom. The summed E-state index contributed by atoms with van der Waals surface area (Å²) in [6.07, 6.45) is 2.69. The molecule has 2 atom stereocenters. The third-order valence-corrected chi connectivity index (χ3v) is 3.63. The molecule has 0 aliphatic carbocycles. The smallest absolute Gasteiger partial charge is 0.306 e. The van der Waals surface area contributed by atoms with Crippen molar-refractivity contribution in [2.24, 2.45) is 17.8 Å². The fraction of sp³-hybridized carbons (Fsp3) is 0.562. The van der Waals surface area contributed by atoms with E-state index in [4.69, 9.17) is 4.42 Å². The minimum absolute atomic E-state index is 0.0213. The molecule has 0 spiro atoms. The van der Waals surface area contributed by atoms with E-state index in [9.17, 15) is 19.5 Å². The third-order valence-electron chi connectivity index (χ3n) is 3.63. The summed E-state index contributed by atoms with van der Waals surface area (Å²) in [7, 11) is 0. The summed E-state index contributed by atoms with van der Waals surface area (Å²) in [6, 6.07) is 3.03. The molecule has 7 heteroatoms. The molecular weight excluding hydrogens is 300 g/mol. The zero-order valence-electron chi connectivity index (χ0n) is 13.7. The topological polar surface area (TPSA) is 109 Å². The molecule has 0 saturated heterocycles. The molecule has 0 radical (unpaired) electrons. The van der Waals surface area contributed by atoms with Gasteiger partial charge < -0.3 is 9.52 Å². The van der Waals surface area contributed by atoms with Crippen molar-refractivity contribution in [1.29, 1.82) is 0 Å². The van der Waals surface area contributed by atoms with Crippen molar-refractivity contribution in [2.75, 3.05) is 0 Å². The van der Waals surface area contributed by atoms with Crippen molar-refractivity contribution >= 4 is 17.8 Å². The molecule has 0 aliphatic heterocycles. The second-order valence-corrected chi connectivity index (χ2v) is 6.08. The van der Waals surface area contributed by atoms with Crippen LogP contribution in [0.15, 0.2) is 22.8 Å². The normalized spacial score (nSPS) is 13.4. The van der Waals surface area contributed by atoms with Crippen molar-refractivity contribution in [2.45, 2.75) is 40.0 Å². The van der Waals surface area contributed by atoms with Crippen LogP contribution in [0.3, 0.4) is 0 Å². The molecule has 0 unspecified atom stereocenters. The van der Waals surface area contributed by atoms with Crippen LogP contribution in [0.1, 0.15) is 50.6 Å². The molecule has 1 aromatic rings. The van der Waals surface area contributed by atoms with Crippen molar-refractivity contribution < 1.29 is 23.9 Å². The number of carbonyl (C=O) groups excluding carboxylic acids is 2. The Hall–Kier alpha value is -2.31. The van der Waals surface area contributed by atoms with E-state index >= 15 is 0 Å². The van der Waals surface area contributed by atoms with Gasteiger partial charge in [-0.3, -0.25) is 25.2 Å². The van der Waals surface area contributed by atoms with Crippen LogP contribution in [0.2, 0.25) is 0 Å². The Morgan fingerprint density at radius 2 is 1.87 bits per heavy atom. The molecular formula is C16H24N2O5. The van der Waals surface area contributed by atoms with Gasteiger partial charge in [-0.05, 0) is 30.4 Å². The standard InChI is InChI=1S/C16H24N2O5/c1-10(2)6-7-12(16(21)22)11(3)9-14(19)17-18-15(20)13-5-4-8-23-13/h4-5,8,10-12H,6-7,9H2,1-3H3,(H,17,19)(H,18,20)(H,21,22)/t11-,12-/m1/s1. The third kappa shape index (κ3) is 6.54. The van der Waals surface area contributed by atoms with E-state index in [1.54, 1.807) is 13.0 Å². The molecule has 0 bridgehead atoms. The van der Waals surface area contributed by atoms with E-state index in [0.717, 1.165) is 6.42 Å². The lowest BCUT2D eigenvalue weighted by atomic mass is 9.85. The van der Waals surface area contributed by atoms with Gasteiger partial charge in [0.05, 0.1) is 12.2 Å². The van der Waals surface area contributed by atoms with Crippen LogP contribution in [-0.4, -0.2) is 22.9 Å². The minimum atomic E-state index is -0.898. The number of carboxylic acid groups (broad SMARTS) is 1. The summed E-state index contributed by atoms with van der Waals surface area (Å²) in [5.41, 5.74) is 4.50. The lowest BCUT2D eigenvalue weighted by molar-refractivity contribution is -0.144. The molecule has 0 fully saturated rings. The molecule has 0 aliphatic rings. The monoisotopic (exact) mass is 324 g/mol. The molecule has 1 aromatic heterocycles. The van der Waals surface area contributed by atoms with Gasteiger partial charge in [0.25, 0.3) is 0 Å². The van der Waals surface area contributed by atoms with Crippen LogP contribution in [0.4, 0.5) is 0 Å². The van der Waals surface area contributed by atoms with Crippen molar-refractivity contribution in [1.82, 2.24) is 10.9 Å². The van der Waals surface area contributed by atoms with Gasteiger partial charge in [0.2, 0.25) is 5.91 Å². The zero-order chi connectivity index (χ0) is 17.4. The van der Waals surface area contributed by atoms with Gasteiger partial charge in [-0.25, -0.2) is 0 Å². The van der Waals surface area contributed by atoms with Crippen LogP contribution < -0.4 is 10.9 Å². The number of hydrogen-bond acceptors (Lipinski definition) is 4. The molecule has 0 saturated carbocycles. The quantitative estimate of drug-likeness (QED) is 0.635. The van der Waals surface area contributed by atoms with E-state index in [1.807, 2.05) is 13.8 Å². The highest BCUT2D eigenvalue weighted by molar-refractivity contribution is 5.92. The fourth-order valence-corrected chi connectivity index (χ4v) is 2.25. The number of nitrogens with one attached hydrogen (secondary N) is 2. The first-order chi connectivity index (χ1) is 10.8. The highest BCUT2D eigenvalue weighted by Gasteiger charge is 2.26. The highest BCUT2D eigenvalue weighted by Crippen LogP contribution is 2.23. The summed E-state index contributed by atoms with van der Waals surface area (Å²) < 4.78 is 4.89. The van der Waals surface area contributed by atoms with Gasteiger partial charge in [-0.2, -0.15) is 0 Å². The van der Waals surface area contributed by atoms with Gasteiger partial charge in [0.1, 0.15) is 0 Å². The number of carboxylic acids is 1. The molecule has 3 N–H and O–H groups in total. The Balaban J connectivity index is 2.44. The van der Waals surface area contributed by atoms with Crippen molar-refractivity contribution in [3.8, 4) is 0 Å². The van der Waals surface area contributed by atoms with Gasteiger partial charge in [-0.1, -0.05) is 27.2 Å². The predicted octanol–water partition coefficient (Wildman–Crippen LogP) is 2.20. The summed E-state index contributed by atoms with van der Waals surface area (Å²) in [4.78, 5) is 34.8. The first-order valence-electron chi connectivity index (χ1n) is 7.66. The van der Waals surface area contributed by atoms with Gasteiger partial charge in [0.15, 0.2) is 5.76 Å². The molecule has 1 rings (SSSR count). The molecule has 7 nitrogen and oxygen atoms in total. The molecule has 2 amide bonds. The maximum Gasteiger partial charge on any atom is 0.306 e.